The van der Waals surface area contributed by atoms with E-state index in [0.717, 1.165) is 0 Å². The maximum absolute atomic E-state index is 11.1. The molecule has 1 N–H and O–H groups in total. The number of nitrogens with zero attached hydrogens (tertiary/aromatic N) is 1. The van der Waals surface area contributed by atoms with Gasteiger partial charge < -0.3 is 9.62 Å². The predicted octanol–water partition coefficient (Wildman–Crippen LogP) is 1.31. The molecule has 0 fully saturated rings. The highest BCUT2D eigenvalue weighted by Crippen LogP contribution is 2.01. The molecule has 0 aromatic carbocycles. The molecule has 1 rings (SSSR count). The van der Waals surface area contributed by atoms with Gasteiger partial charge in [0, 0.05) is 0 Å². The van der Waals surface area contributed by atoms with Crippen molar-refractivity contribution in [2.75, 3.05) is 0 Å². The largest absolute Gasteiger partial charge is 0.461 e. The number of hydrogen-bond donors (Lipinski definition) is 1. The molecule has 58 valence electrons. The van der Waals surface area contributed by atoms with E-state index in [0.29, 0.717) is 0 Å². The summed E-state index contributed by atoms with van der Waals surface area (Å²) in [7, 11) is 0. The van der Waals surface area contributed by atoms with Crippen LogP contribution in [0.4, 0.5) is 0 Å². The fourth-order valence-corrected chi connectivity index (χ4v) is 0.631. The van der Waals surface area contributed by atoms with Crippen molar-refractivity contribution in [3.05, 3.63) is 24.2 Å². The Bertz CT molecular complexity index is 274. The monoisotopic (exact) mass is 153 g/mol. The number of carbonyl (C=O) groups excluding carboxylic acids is 1. The van der Waals surface area contributed by atoms with Crippen LogP contribution in [0.1, 0.15) is 17.5 Å². The first-order valence-corrected chi connectivity index (χ1v) is 3.02. The van der Waals surface area contributed by atoms with Gasteiger partial charge in [-0.1, -0.05) is 5.16 Å². The first-order chi connectivity index (χ1) is 5.25. The second kappa shape index (κ2) is 3.01. The van der Waals surface area contributed by atoms with Crippen molar-refractivity contribution in [2.45, 2.75) is 6.92 Å². The van der Waals surface area contributed by atoms with E-state index in [1.165, 1.54) is 19.3 Å². The highest BCUT2D eigenvalue weighted by Gasteiger charge is 2.11. The lowest BCUT2D eigenvalue weighted by Crippen LogP contribution is -2.08. The second-order valence-electron chi connectivity index (χ2n) is 1.99. The van der Waals surface area contributed by atoms with Gasteiger partial charge in [-0.3, -0.25) is 4.79 Å². The van der Waals surface area contributed by atoms with Gasteiger partial charge in [0.15, 0.2) is 5.76 Å². The highest BCUT2D eigenvalue weighted by molar-refractivity contribution is 6.44. The summed E-state index contributed by atoms with van der Waals surface area (Å²) in [5.74, 6) is -0.224. The van der Waals surface area contributed by atoms with Crippen LogP contribution in [-0.4, -0.2) is 16.7 Å². The summed E-state index contributed by atoms with van der Waals surface area (Å²) in [6, 6.07) is 3.11. The van der Waals surface area contributed by atoms with Crippen LogP contribution in [0, 0.1) is 0 Å². The van der Waals surface area contributed by atoms with Crippen LogP contribution in [-0.2, 0) is 0 Å². The molecule has 4 nitrogen and oxygen atoms in total. The maximum atomic E-state index is 11.1. The number of oxime groups is 1. The van der Waals surface area contributed by atoms with Gasteiger partial charge in [0.2, 0.25) is 5.78 Å². The quantitative estimate of drug-likeness (QED) is 0.301. The van der Waals surface area contributed by atoms with E-state index in [9.17, 15) is 4.79 Å². The van der Waals surface area contributed by atoms with Crippen molar-refractivity contribution >= 4 is 11.5 Å². The third kappa shape index (κ3) is 1.46. The van der Waals surface area contributed by atoms with Crippen molar-refractivity contribution < 1.29 is 14.4 Å². The SMILES string of the molecule is C/C(=N\O)C(=O)c1ccco1. The molecule has 0 atom stereocenters. The van der Waals surface area contributed by atoms with Gasteiger partial charge in [0.25, 0.3) is 0 Å². The van der Waals surface area contributed by atoms with E-state index in [1.807, 2.05) is 0 Å². The van der Waals surface area contributed by atoms with Gasteiger partial charge >= 0.3 is 0 Å². The Labute approximate surface area is 63.1 Å². The molecule has 1 aromatic rings. The van der Waals surface area contributed by atoms with Crippen LogP contribution >= 0.6 is 0 Å². The van der Waals surface area contributed by atoms with Gasteiger partial charge in [-0.05, 0) is 19.1 Å². The number of rotatable bonds is 2. The summed E-state index contributed by atoms with van der Waals surface area (Å²) in [6.45, 7) is 1.41. The molecule has 0 unspecified atom stereocenters. The van der Waals surface area contributed by atoms with Gasteiger partial charge in [-0.2, -0.15) is 0 Å². The fourth-order valence-electron chi connectivity index (χ4n) is 0.631. The lowest BCUT2D eigenvalue weighted by Gasteiger charge is -1.90. The zero-order chi connectivity index (χ0) is 8.27. The molecular weight excluding hydrogens is 146 g/mol. The minimum Gasteiger partial charge on any atom is -0.461 e. The summed E-state index contributed by atoms with van der Waals surface area (Å²) in [6.07, 6.45) is 1.39. The Hall–Kier alpha value is -1.58. The van der Waals surface area contributed by atoms with Gasteiger partial charge in [-0.25, -0.2) is 0 Å². The van der Waals surface area contributed by atoms with Crippen molar-refractivity contribution in [3.8, 4) is 0 Å². The van der Waals surface area contributed by atoms with E-state index >= 15 is 0 Å². The van der Waals surface area contributed by atoms with Gasteiger partial charge in [-0.15, -0.1) is 0 Å². The van der Waals surface area contributed by atoms with Crippen LogP contribution in [0.25, 0.3) is 0 Å². The van der Waals surface area contributed by atoms with Crippen LogP contribution in [0.15, 0.2) is 28.0 Å². The van der Waals surface area contributed by atoms with Gasteiger partial charge in [0.05, 0.1) is 6.26 Å². The molecule has 11 heavy (non-hydrogen) atoms. The Morgan fingerprint density at radius 3 is 2.91 bits per heavy atom. The second-order valence-corrected chi connectivity index (χ2v) is 1.99. The first kappa shape index (κ1) is 7.53. The van der Waals surface area contributed by atoms with Crippen molar-refractivity contribution in [3.63, 3.8) is 0 Å². The minimum absolute atomic E-state index is 0.0138. The topological polar surface area (TPSA) is 62.8 Å². The lowest BCUT2D eigenvalue weighted by molar-refractivity contribution is 0.103. The zero-order valence-electron chi connectivity index (χ0n) is 5.94. The molecule has 0 spiro atoms. The third-order valence-corrected chi connectivity index (χ3v) is 1.22. The van der Waals surface area contributed by atoms with Crippen LogP contribution in [0.5, 0.6) is 0 Å². The molecule has 0 aliphatic carbocycles. The molecule has 4 heteroatoms. The molecule has 1 aromatic heterocycles. The zero-order valence-corrected chi connectivity index (χ0v) is 5.94. The number of furan rings is 1. The van der Waals surface area contributed by atoms with Crippen LogP contribution in [0.3, 0.4) is 0 Å². The van der Waals surface area contributed by atoms with E-state index in [4.69, 9.17) is 9.62 Å². The Morgan fingerprint density at radius 1 is 1.73 bits per heavy atom. The van der Waals surface area contributed by atoms with E-state index in [-0.39, 0.29) is 11.5 Å². The lowest BCUT2D eigenvalue weighted by atomic mass is 10.2. The van der Waals surface area contributed by atoms with E-state index < -0.39 is 5.78 Å². The molecule has 1 heterocycles. The number of Topliss-reactive ketones (excluding diaryl/α,β-unsaturated/α-hetero) is 1. The summed E-state index contributed by atoms with van der Waals surface area (Å²) < 4.78 is 4.78. The predicted molar refractivity (Wildman–Crippen MR) is 37.9 cm³/mol. The van der Waals surface area contributed by atoms with E-state index in [1.54, 1.807) is 6.07 Å². The Morgan fingerprint density at radius 2 is 2.45 bits per heavy atom. The minimum atomic E-state index is -0.405. The summed E-state index contributed by atoms with van der Waals surface area (Å²) >= 11 is 0. The van der Waals surface area contributed by atoms with Crippen molar-refractivity contribution in [2.24, 2.45) is 5.16 Å². The van der Waals surface area contributed by atoms with Crippen LogP contribution in [0.2, 0.25) is 0 Å². The molecule has 0 aliphatic rings. The maximum Gasteiger partial charge on any atom is 0.245 e. The summed E-state index contributed by atoms with van der Waals surface area (Å²) in [4.78, 5) is 11.1. The smallest absolute Gasteiger partial charge is 0.245 e. The molecule has 0 bridgehead atoms. The third-order valence-electron chi connectivity index (χ3n) is 1.22. The van der Waals surface area contributed by atoms with E-state index in [2.05, 4.69) is 5.16 Å². The molecule has 0 radical (unpaired) electrons. The standard InChI is InChI=1S/C7H7NO3/c1-5(8-10)7(9)6-3-2-4-11-6/h2-4,10H,1H3/b8-5+. The first-order valence-electron chi connectivity index (χ1n) is 3.02. The fraction of sp³-hybridized carbons (Fsp3) is 0.143. The highest BCUT2D eigenvalue weighted by atomic mass is 16.4. The van der Waals surface area contributed by atoms with Crippen molar-refractivity contribution in [1.29, 1.82) is 0 Å². The van der Waals surface area contributed by atoms with Crippen molar-refractivity contribution in [1.82, 2.24) is 0 Å². The Balaban J connectivity index is 2.87. The Kier molecular flexibility index (Phi) is 2.06. The number of carbonyl (C=O) groups is 1. The molecule has 0 saturated carbocycles. The molecule has 0 saturated heterocycles. The average Bonchev–Trinajstić information content (AvgIpc) is 2.53. The molecule has 0 amide bonds. The average molecular weight is 153 g/mol. The van der Waals surface area contributed by atoms with Crippen LogP contribution < -0.4 is 0 Å². The summed E-state index contributed by atoms with van der Waals surface area (Å²) in [5, 5.41) is 11.0. The molecule has 0 aliphatic heterocycles. The number of ketones is 1. The molecular formula is C7H7NO3. The normalized spacial score (nSPS) is 11.5. The van der Waals surface area contributed by atoms with Gasteiger partial charge in [0.1, 0.15) is 5.71 Å². The number of hydrogen-bond acceptors (Lipinski definition) is 4. The summed E-state index contributed by atoms with van der Waals surface area (Å²) in [5.41, 5.74) is 0.0138.